The lowest BCUT2D eigenvalue weighted by molar-refractivity contribution is -0.141. The van der Waals surface area contributed by atoms with Gasteiger partial charge >= 0.3 is 6.18 Å². The van der Waals surface area contributed by atoms with Crippen molar-refractivity contribution in [2.45, 2.75) is 50.7 Å². The summed E-state index contributed by atoms with van der Waals surface area (Å²) in [6.45, 7) is 3.58. The van der Waals surface area contributed by atoms with Crippen molar-refractivity contribution in [2.75, 3.05) is 18.8 Å². The summed E-state index contributed by atoms with van der Waals surface area (Å²) in [4.78, 5) is 6.36. The predicted molar refractivity (Wildman–Crippen MR) is 79.3 cm³/mol. The maximum absolute atomic E-state index is 12.5. The molecule has 1 saturated heterocycles. The van der Waals surface area contributed by atoms with Crippen LogP contribution < -0.4 is 0 Å². The molecule has 1 aromatic heterocycles. The molecule has 0 unspecified atom stereocenters. The van der Waals surface area contributed by atoms with E-state index >= 15 is 0 Å². The summed E-state index contributed by atoms with van der Waals surface area (Å²) in [6.07, 6.45) is 2.18. The largest absolute Gasteiger partial charge is 0.406 e. The third kappa shape index (κ3) is 5.54. The Morgan fingerprint density at radius 2 is 2.19 bits per heavy atom. The topological polar surface area (TPSA) is 21.1 Å². The van der Waals surface area contributed by atoms with E-state index in [9.17, 15) is 13.2 Å². The second-order valence-corrected chi connectivity index (χ2v) is 6.97. The van der Waals surface area contributed by atoms with Crippen LogP contribution in [-0.2, 0) is 13.1 Å². The average Bonchev–Trinajstić information content (AvgIpc) is 2.67. The van der Waals surface area contributed by atoms with Crippen molar-refractivity contribution in [3.05, 3.63) is 18.2 Å². The van der Waals surface area contributed by atoms with Crippen LogP contribution in [0.1, 0.15) is 32.0 Å². The second kappa shape index (κ2) is 7.54. The van der Waals surface area contributed by atoms with E-state index in [1.165, 1.54) is 29.8 Å². The van der Waals surface area contributed by atoms with Gasteiger partial charge in [-0.05, 0) is 25.1 Å². The number of nitrogens with zero attached hydrogens (tertiary/aromatic N) is 3. The summed E-state index contributed by atoms with van der Waals surface area (Å²) in [5, 5.41) is 0.587. The number of hydrogen-bond donors (Lipinski definition) is 0. The van der Waals surface area contributed by atoms with Crippen LogP contribution in [-0.4, -0.2) is 44.7 Å². The summed E-state index contributed by atoms with van der Waals surface area (Å²) in [5.41, 5.74) is 0. The Morgan fingerprint density at radius 1 is 1.38 bits per heavy atom. The van der Waals surface area contributed by atoms with Crippen LogP contribution in [0.15, 0.2) is 12.4 Å². The van der Waals surface area contributed by atoms with Crippen molar-refractivity contribution < 1.29 is 13.2 Å². The average molecular weight is 321 g/mol. The zero-order chi connectivity index (χ0) is 15.3. The van der Waals surface area contributed by atoms with E-state index in [1.807, 2.05) is 11.8 Å². The van der Waals surface area contributed by atoms with Gasteiger partial charge in [0.2, 0.25) is 0 Å². The normalized spacial score (nSPS) is 21.4. The van der Waals surface area contributed by atoms with E-state index in [0.29, 0.717) is 17.6 Å². The monoisotopic (exact) mass is 321 g/mol. The van der Waals surface area contributed by atoms with Crippen molar-refractivity contribution in [3.8, 4) is 0 Å². The minimum Gasteiger partial charge on any atom is -0.325 e. The molecule has 2 heterocycles. The molecule has 1 aromatic rings. The van der Waals surface area contributed by atoms with Crippen LogP contribution in [0.3, 0.4) is 0 Å². The fourth-order valence-corrected chi connectivity index (χ4v) is 3.84. The first-order valence-electron chi connectivity index (χ1n) is 7.38. The summed E-state index contributed by atoms with van der Waals surface area (Å²) in [7, 11) is 0. The zero-order valence-electron chi connectivity index (χ0n) is 12.3. The van der Waals surface area contributed by atoms with E-state index < -0.39 is 12.7 Å². The van der Waals surface area contributed by atoms with Crippen LogP contribution in [0, 0.1) is 0 Å². The highest BCUT2D eigenvalue weighted by molar-refractivity contribution is 7.99. The molecule has 1 aliphatic heterocycles. The molecule has 1 atom stereocenters. The van der Waals surface area contributed by atoms with Crippen LogP contribution in [0.25, 0.3) is 0 Å². The molecule has 120 valence electrons. The van der Waals surface area contributed by atoms with Gasteiger partial charge in [0.1, 0.15) is 12.4 Å². The Kier molecular flexibility index (Phi) is 5.98. The lowest BCUT2D eigenvalue weighted by atomic mass is 10.2. The lowest BCUT2D eigenvalue weighted by Crippen LogP contribution is -2.31. The molecule has 1 fully saturated rings. The molecular weight excluding hydrogens is 299 g/mol. The van der Waals surface area contributed by atoms with E-state index in [-0.39, 0.29) is 0 Å². The van der Waals surface area contributed by atoms with Crippen LogP contribution in [0.5, 0.6) is 0 Å². The van der Waals surface area contributed by atoms with Gasteiger partial charge in [-0.2, -0.15) is 24.9 Å². The highest BCUT2D eigenvalue weighted by Crippen LogP contribution is 2.23. The van der Waals surface area contributed by atoms with Gasteiger partial charge in [0.15, 0.2) is 0 Å². The maximum atomic E-state index is 12.5. The Labute approximate surface area is 127 Å². The molecular formula is C14H22F3N3S. The molecule has 7 heteroatoms. The van der Waals surface area contributed by atoms with Gasteiger partial charge in [0, 0.05) is 24.2 Å². The molecule has 0 N–H and O–H groups in total. The standard InChI is InChI=1S/C14H22F3N3S/c1-2-21-12-5-3-4-7-19(9-12)10-13-18-6-8-20(13)11-14(15,16)17/h6,8,12H,2-5,7,9-11H2,1H3/t12-/m1/s1. The van der Waals surface area contributed by atoms with E-state index in [1.54, 1.807) is 0 Å². The summed E-state index contributed by atoms with van der Waals surface area (Å²) >= 11 is 1.95. The molecule has 0 spiro atoms. The van der Waals surface area contributed by atoms with Crippen molar-refractivity contribution in [2.24, 2.45) is 0 Å². The first kappa shape index (κ1) is 16.7. The Hall–Kier alpha value is -0.690. The fraction of sp³-hybridized carbons (Fsp3) is 0.786. The number of imidazole rings is 1. The van der Waals surface area contributed by atoms with Crippen molar-refractivity contribution in [1.82, 2.24) is 14.5 Å². The summed E-state index contributed by atoms with van der Waals surface area (Å²) < 4.78 is 38.8. The van der Waals surface area contributed by atoms with Crippen molar-refractivity contribution >= 4 is 11.8 Å². The fourth-order valence-electron chi connectivity index (χ4n) is 2.72. The first-order chi connectivity index (χ1) is 9.98. The maximum Gasteiger partial charge on any atom is 0.406 e. The van der Waals surface area contributed by atoms with Crippen LogP contribution >= 0.6 is 11.8 Å². The molecule has 0 saturated carbocycles. The van der Waals surface area contributed by atoms with E-state index in [0.717, 1.165) is 25.3 Å². The van der Waals surface area contributed by atoms with E-state index in [4.69, 9.17) is 0 Å². The number of hydrogen-bond acceptors (Lipinski definition) is 3. The Balaban J connectivity index is 1.98. The van der Waals surface area contributed by atoms with Gasteiger partial charge in [-0.1, -0.05) is 13.3 Å². The van der Waals surface area contributed by atoms with Crippen molar-refractivity contribution in [1.29, 1.82) is 0 Å². The van der Waals surface area contributed by atoms with Crippen LogP contribution in [0.4, 0.5) is 13.2 Å². The van der Waals surface area contributed by atoms with Gasteiger partial charge in [0.25, 0.3) is 0 Å². The van der Waals surface area contributed by atoms with Gasteiger partial charge < -0.3 is 4.57 Å². The third-order valence-corrected chi connectivity index (χ3v) is 4.82. The Morgan fingerprint density at radius 3 is 2.90 bits per heavy atom. The van der Waals surface area contributed by atoms with Gasteiger partial charge in [-0.25, -0.2) is 4.98 Å². The number of aromatic nitrogens is 2. The molecule has 0 aromatic carbocycles. The molecule has 21 heavy (non-hydrogen) atoms. The molecule has 0 bridgehead atoms. The number of rotatable bonds is 5. The van der Waals surface area contributed by atoms with Crippen molar-refractivity contribution in [3.63, 3.8) is 0 Å². The van der Waals surface area contributed by atoms with E-state index in [2.05, 4.69) is 16.8 Å². The molecule has 0 aliphatic carbocycles. The Bertz CT molecular complexity index is 433. The highest BCUT2D eigenvalue weighted by Gasteiger charge is 2.29. The number of thioether (sulfide) groups is 1. The second-order valence-electron chi connectivity index (χ2n) is 5.39. The highest BCUT2D eigenvalue weighted by atomic mass is 32.2. The third-order valence-electron chi connectivity index (χ3n) is 3.63. The minimum absolute atomic E-state index is 0.504. The molecule has 0 radical (unpaired) electrons. The SMILES string of the molecule is CCS[C@@H]1CCCCN(Cc2nccn2CC(F)(F)F)C1. The zero-order valence-corrected chi connectivity index (χ0v) is 13.1. The first-order valence-corrected chi connectivity index (χ1v) is 8.43. The molecule has 1 aliphatic rings. The summed E-state index contributed by atoms with van der Waals surface area (Å²) in [5.74, 6) is 1.59. The number of alkyl halides is 3. The summed E-state index contributed by atoms with van der Waals surface area (Å²) in [6, 6.07) is 0. The smallest absolute Gasteiger partial charge is 0.325 e. The predicted octanol–water partition coefficient (Wildman–Crippen LogP) is 3.55. The lowest BCUT2D eigenvalue weighted by Gasteiger charge is -2.24. The molecule has 3 nitrogen and oxygen atoms in total. The number of halogens is 3. The quantitative estimate of drug-likeness (QED) is 0.827. The minimum atomic E-state index is -4.20. The van der Waals surface area contributed by atoms with Gasteiger partial charge in [0.05, 0.1) is 6.54 Å². The molecule has 0 amide bonds. The number of likely N-dealkylation sites (tertiary alicyclic amines) is 1. The van der Waals surface area contributed by atoms with Crippen LogP contribution in [0.2, 0.25) is 0 Å². The molecule has 2 rings (SSSR count). The van der Waals surface area contributed by atoms with Gasteiger partial charge in [-0.3, -0.25) is 4.90 Å². The van der Waals surface area contributed by atoms with Gasteiger partial charge in [-0.15, -0.1) is 0 Å².